The van der Waals surface area contributed by atoms with Crippen LogP contribution in [0.25, 0.3) is 6.08 Å². The first-order valence-electron chi connectivity index (χ1n) is 13.3. The molecule has 0 saturated heterocycles. The Labute approximate surface area is 217 Å². The molecule has 2 unspecified atom stereocenters. The highest BCUT2D eigenvalue weighted by atomic mass is 14.4. The Morgan fingerprint density at radius 3 is 2.28 bits per heavy atom. The maximum atomic E-state index is 4.70. The number of hydrogen-bond donors (Lipinski definition) is 0. The zero-order chi connectivity index (χ0) is 25.4. The first-order chi connectivity index (χ1) is 17.3. The van der Waals surface area contributed by atoms with E-state index in [-0.39, 0.29) is 0 Å². The van der Waals surface area contributed by atoms with Gasteiger partial charge in [-0.25, -0.2) is 0 Å². The second kappa shape index (κ2) is 9.94. The SMILES string of the molecule is C=C(Cc1ccccc1)C1=C(C)C=C2C/C(=C/c3ccc(C(C)C)cc3)C(=C)C2C1C1=CC=C(C)C1. The van der Waals surface area contributed by atoms with Crippen LogP contribution < -0.4 is 0 Å². The molecule has 0 aliphatic heterocycles. The van der Waals surface area contributed by atoms with Crippen LogP contribution in [0.5, 0.6) is 0 Å². The topological polar surface area (TPSA) is 0 Å². The van der Waals surface area contributed by atoms with Crippen molar-refractivity contribution in [1.82, 2.24) is 0 Å². The number of benzene rings is 2. The van der Waals surface area contributed by atoms with Crippen LogP contribution in [0.4, 0.5) is 0 Å². The number of fused-ring (bicyclic) bond motifs is 1. The van der Waals surface area contributed by atoms with Crippen LogP contribution >= 0.6 is 0 Å². The van der Waals surface area contributed by atoms with Gasteiger partial charge in [-0.1, -0.05) is 123 Å². The minimum Gasteiger partial charge on any atom is -0.0952 e. The van der Waals surface area contributed by atoms with Gasteiger partial charge >= 0.3 is 0 Å². The van der Waals surface area contributed by atoms with Crippen molar-refractivity contribution < 1.29 is 0 Å². The molecule has 1 saturated carbocycles. The molecule has 0 N–H and O–H groups in total. The van der Waals surface area contributed by atoms with E-state index in [9.17, 15) is 0 Å². The van der Waals surface area contributed by atoms with Crippen molar-refractivity contribution in [2.75, 3.05) is 0 Å². The fraction of sp³-hybridized carbons (Fsp3) is 0.278. The molecule has 0 aromatic heterocycles. The predicted octanol–water partition coefficient (Wildman–Crippen LogP) is 9.72. The molecule has 2 aromatic carbocycles. The zero-order valence-electron chi connectivity index (χ0n) is 22.3. The minimum atomic E-state index is 0.316. The van der Waals surface area contributed by atoms with Crippen LogP contribution in [0.1, 0.15) is 63.1 Å². The normalized spacial score (nSPS) is 22.6. The maximum Gasteiger partial charge on any atom is 0.0166 e. The summed E-state index contributed by atoms with van der Waals surface area (Å²) in [5.74, 6) is 1.19. The summed E-state index contributed by atoms with van der Waals surface area (Å²) >= 11 is 0. The highest BCUT2D eigenvalue weighted by Gasteiger charge is 2.42. The quantitative estimate of drug-likeness (QED) is 0.394. The van der Waals surface area contributed by atoms with Crippen LogP contribution in [0.3, 0.4) is 0 Å². The van der Waals surface area contributed by atoms with Crippen molar-refractivity contribution in [2.24, 2.45) is 11.8 Å². The molecule has 0 heteroatoms. The monoisotopic (exact) mass is 470 g/mol. The van der Waals surface area contributed by atoms with E-state index in [1.807, 2.05) is 0 Å². The molecule has 0 amide bonds. The Balaban J connectivity index is 1.49. The van der Waals surface area contributed by atoms with Crippen molar-refractivity contribution in [3.8, 4) is 0 Å². The number of rotatable bonds is 6. The highest BCUT2D eigenvalue weighted by Crippen LogP contribution is 2.54. The number of hydrogen-bond acceptors (Lipinski definition) is 0. The molecule has 3 aliphatic rings. The van der Waals surface area contributed by atoms with Gasteiger partial charge in [0.25, 0.3) is 0 Å². The van der Waals surface area contributed by atoms with E-state index in [2.05, 4.69) is 113 Å². The van der Waals surface area contributed by atoms with Crippen LogP contribution in [0.2, 0.25) is 0 Å². The summed E-state index contributed by atoms with van der Waals surface area (Å²) in [6.45, 7) is 18.4. The molecule has 182 valence electrons. The van der Waals surface area contributed by atoms with E-state index >= 15 is 0 Å². The lowest BCUT2D eigenvalue weighted by Crippen LogP contribution is -2.24. The second-order valence-electron chi connectivity index (χ2n) is 11.2. The fourth-order valence-corrected chi connectivity index (χ4v) is 6.25. The van der Waals surface area contributed by atoms with Crippen LogP contribution in [0.15, 0.2) is 131 Å². The molecule has 2 aromatic rings. The lowest BCUT2D eigenvalue weighted by molar-refractivity contribution is 0.555. The van der Waals surface area contributed by atoms with Crippen LogP contribution in [-0.2, 0) is 6.42 Å². The molecule has 0 radical (unpaired) electrons. The first kappa shape index (κ1) is 24.3. The molecular formula is C36H38. The van der Waals surface area contributed by atoms with Gasteiger partial charge in [-0.05, 0) is 83.6 Å². The lowest BCUT2D eigenvalue weighted by atomic mass is 9.68. The van der Waals surface area contributed by atoms with Gasteiger partial charge < -0.3 is 0 Å². The summed E-state index contributed by atoms with van der Waals surface area (Å²) in [7, 11) is 0. The fourth-order valence-electron chi connectivity index (χ4n) is 6.25. The van der Waals surface area contributed by atoms with Gasteiger partial charge in [-0.3, -0.25) is 0 Å². The Kier molecular flexibility index (Phi) is 6.71. The average Bonchev–Trinajstić information content (AvgIpc) is 3.42. The maximum absolute atomic E-state index is 4.70. The highest BCUT2D eigenvalue weighted by molar-refractivity contribution is 5.67. The number of allylic oxidation sites excluding steroid dienone is 11. The Morgan fingerprint density at radius 2 is 1.64 bits per heavy atom. The molecular weight excluding hydrogens is 432 g/mol. The third-order valence-electron chi connectivity index (χ3n) is 8.10. The summed E-state index contributed by atoms with van der Waals surface area (Å²) in [4.78, 5) is 0. The molecule has 36 heavy (non-hydrogen) atoms. The van der Waals surface area contributed by atoms with Gasteiger partial charge in [-0.15, -0.1) is 0 Å². The van der Waals surface area contributed by atoms with Crippen molar-refractivity contribution >= 4 is 6.08 Å². The van der Waals surface area contributed by atoms with Gasteiger partial charge in [0.1, 0.15) is 0 Å². The summed E-state index contributed by atoms with van der Waals surface area (Å²) in [6, 6.07) is 19.8. The Hall–Kier alpha value is -3.38. The first-order valence-corrected chi connectivity index (χ1v) is 13.3. The third kappa shape index (κ3) is 4.70. The van der Waals surface area contributed by atoms with Crippen molar-refractivity contribution in [3.63, 3.8) is 0 Å². The molecule has 0 heterocycles. The molecule has 0 spiro atoms. The largest absolute Gasteiger partial charge is 0.0952 e. The Morgan fingerprint density at radius 1 is 0.917 bits per heavy atom. The third-order valence-corrected chi connectivity index (χ3v) is 8.10. The van der Waals surface area contributed by atoms with E-state index in [1.54, 1.807) is 0 Å². The van der Waals surface area contributed by atoms with Crippen molar-refractivity contribution in [1.29, 1.82) is 0 Å². The lowest BCUT2D eigenvalue weighted by Gasteiger charge is -2.35. The second-order valence-corrected chi connectivity index (χ2v) is 11.2. The van der Waals surface area contributed by atoms with Crippen molar-refractivity contribution in [3.05, 3.63) is 147 Å². The Bertz CT molecular complexity index is 1350. The molecule has 3 aliphatic carbocycles. The average molecular weight is 471 g/mol. The molecule has 0 bridgehead atoms. The smallest absolute Gasteiger partial charge is 0.0166 e. The van der Waals surface area contributed by atoms with Crippen LogP contribution in [0, 0.1) is 11.8 Å². The summed E-state index contributed by atoms with van der Waals surface area (Å²) in [6.07, 6.45) is 12.4. The minimum absolute atomic E-state index is 0.316. The zero-order valence-corrected chi connectivity index (χ0v) is 22.3. The molecule has 5 rings (SSSR count). The molecule has 2 atom stereocenters. The van der Waals surface area contributed by atoms with Gasteiger partial charge in [0, 0.05) is 11.8 Å². The van der Waals surface area contributed by atoms with E-state index in [4.69, 9.17) is 6.58 Å². The molecule has 1 fully saturated rings. The summed E-state index contributed by atoms with van der Waals surface area (Å²) in [5.41, 5.74) is 15.1. The van der Waals surface area contributed by atoms with E-state index in [0.717, 1.165) is 19.3 Å². The molecule has 0 nitrogen and oxygen atoms in total. The van der Waals surface area contributed by atoms with Gasteiger partial charge in [-0.2, -0.15) is 0 Å². The van der Waals surface area contributed by atoms with Gasteiger partial charge in [0.2, 0.25) is 0 Å². The van der Waals surface area contributed by atoms with E-state index in [0.29, 0.717) is 17.8 Å². The predicted molar refractivity (Wildman–Crippen MR) is 156 cm³/mol. The van der Waals surface area contributed by atoms with E-state index < -0.39 is 0 Å². The van der Waals surface area contributed by atoms with E-state index in [1.165, 1.54) is 61.3 Å². The van der Waals surface area contributed by atoms with Crippen molar-refractivity contribution in [2.45, 2.75) is 52.9 Å². The van der Waals surface area contributed by atoms with Gasteiger partial charge in [0.05, 0.1) is 0 Å². The summed E-state index contributed by atoms with van der Waals surface area (Å²) in [5, 5.41) is 0. The van der Waals surface area contributed by atoms with Gasteiger partial charge in [0.15, 0.2) is 0 Å². The standard InChI is InChI=1S/C36H38/c1-23(2)30-16-13-29(14-17-30)21-32-22-33-20-26(5)34(25(4)19-28-10-8-7-9-11-28)36(35(33)27(32)6)31-15-12-24(3)18-31/h7-17,20-21,23,35-36H,4,6,18-19,22H2,1-3,5H3/b32-21-. The summed E-state index contributed by atoms with van der Waals surface area (Å²) < 4.78 is 0. The van der Waals surface area contributed by atoms with Crippen LogP contribution in [-0.4, -0.2) is 0 Å².